The van der Waals surface area contributed by atoms with E-state index in [4.69, 9.17) is 0 Å². The molecular formula is C23H28ClN3O2. The fraction of sp³-hybridized carbons (Fsp3) is 0.391. The van der Waals surface area contributed by atoms with Gasteiger partial charge in [-0.1, -0.05) is 60.7 Å². The Kier molecular flexibility index (Phi) is 6.73. The Morgan fingerprint density at radius 1 is 0.828 bits per heavy atom. The molecule has 0 aliphatic carbocycles. The molecule has 0 bridgehead atoms. The highest BCUT2D eigenvalue weighted by molar-refractivity contribution is 6.08. The molecule has 0 aromatic heterocycles. The molecule has 1 atom stereocenters. The van der Waals surface area contributed by atoms with Crippen LogP contribution in [-0.4, -0.2) is 59.4 Å². The minimum Gasteiger partial charge on any atom is -0.297 e. The highest BCUT2D eigenvalue weighted by Crippen LogP contribution is 2.36. The van der Waals surface area contributed by atoms with Crippen molar-refractivity contribution >= 4 is 24.2 Å². The first-order chi connectivity index (χ1) is 13.6. The molecule has 1 unspecified atom stereocenters. The maximum Gasteiger partial charge on any atom is 0.241 e. The Bertz CT molecular complexity index is 838. The maximum absolute atomic E-state index is 13.1. The van der Waals surface area contributed by atoms with Crippen LogP contribution in [0.2, 0.25) is 0 Å². The molecule has 2 aliphatic heterocycles. The third-order valence-corrected chi connectivity index (χ3v) is 5.99. The van der Waals surface area contributed by atoms with Gasteiger partial charge >= 0.3 is 0 Å². The van der Waals surface area contributed by atoms with Crippen LogP contribution >= 0.6 is 12.4 Å². The monoisotopic (exact) mass is 413 g/mol. The molecule has 6 heteroatoms. The van der Waals surface area contributed by atoms with Gasteiger partial charge in [0.1, 0.15) is 0 Å². The number of likely N-dealkylation sites (tertiary alicyclic amines) is 1. The quantitative estimate of drug-likeness (QED) is 0.707. The van der Waals surface area contributed by atoms with E-state index in [1.165, 1.54) is 10.5 Å². The SMILES string of the molecule is CC1(c2ccccc2)CC(=O)N(CN2CCN(Cc3ccccc3)CC2)C1=O.Cl. The zero-order valence-corrected chi connectivity index (χ0v) is 17.6. The summed E-state index contributed by atoms with van der Waals surface area (Å²) in [5.41, 5.74) is 1.50. The molecule has 2 amide bonds. The molecule has 2 heterocycles. The summed E-state index contributed by atoms with van der Waals surface area (Å²) >= 11 is 0. The van der Waals surface area contributed by atoms with Crippen LogP contribution in [0.1, 0.15) is 24.5 Å². The van der Waals surface area contributed by atoms with E-state index in [1.54, 1.807) is 0 Å². The fourth-order valence-corrected chi connectivity index (χ4v) is 4.19. The molecule has 0 N–H and O–H groups in total. The number of rotatable bonds is 5. The summed E-state index contributed by atoms with van der Waals surface area (Å²) in [4.78, 5) is 31.8. The minimum absolute atomic E-state index is 0. The molecule has 2 aromatic rings. The van der Waals surface area contributed by atoms with Crippen LogP contribution in [0.5, 0.6) is 0 Å². The number of carbonyl (C=O) groups excluding carboxylic acids is 2. The Balaban J connectivity index is 0.00000240. The standard InChI is InChI=1S/C23H27N3O2.ClH/c1-23(20-10-6-3-7-11-20)16-21(27)26(22(23)28)18-25-14-12-24(13-15-25)17-19-8-4-2-5-9-19;/h2-11H,12-18H2,1H3;1H. The summed E-state index contributed by atoms with van der Waals surface area (Å²) in [5.74, 6) is -0.140. The van der Waals surface area contributed by atoms with Gasteiger partial charge in [0, 0.05) is 39.1 Å². The van der Waals surface area contributed by atoms with Gasteiger partial charge in [0.15, 0.2) is 0 Å². The molecule has 2 fully saturated rings. The van der Waals surface area contributed by atoms with E-state index in [0.29, 0.717) is 6.67 Å². The minimum atomic E-state index is -0.743. The predicted octanol–water partition coefficient (Wildman–Crippen LogP) is 2.90. The number of carbonyl (C=O) groups is 2. The van der Waals surface area contributed by atoms with Gasteiger partial charge in [0.05, 0.1) is 12.1 Å². The summed E-state index contributed by atoms with van der Waals surface area (Å²) < 4.78 is 0. The van der Waals surface area contributed by atoms with Crippen molar-refractivity contribution in [3.8, 4) is 0 Å². The molecule has 0 spiro atoms. The zero-order chi connectivity index (χ0) is 19.6. The van der Waals surface area contributed by atoms with E-state index in [1.807, 2.05) is 43.3 Å². The van der Waals surface area contributed by atoms with Crippen LogP contribution < -0.4 is 0 Å². The molecule has 4 rings (SSSR count). The van der Waals surface area contributed by atoms with Crippen molar-refractivity contribution in [1.82, 2.24) is 14.7 Å². The maximum atomic E-state index is 13.1. The molecule has 2 saturated heterocycles. The number of amides is 2. The first-order valence-corrected chi connectivity index (χ1v) is 9.95. The number of benzene rings is 2. The molecule has 0 saturated carbocycles. The average molecular weight is 414 g/mol. The third kappa shape index (κ3) is 4.53. The van der Waals surface area contributed by atoms with Gasteiger partial charge < -0.3 is 0 Å². The smallest absolute Gasteiger partial charge is 0.241 e. The van der Waals surface area contributed by atoms with Crippen LogP contribution in [0, 0.1) is 0 Å². The number of hydrogen-bond acceptors (Lipinski definition) is 4. The molecule has 0 radical (unpaired) electrons. The van der Waals surface area contributed by atoms with E-state index in [2.05, 4.69) is 34.1 Å². The molecule has 5 nitrogen and oxygen atoms in total. The van der Waals surface area contributed by atoms with Crippen molar-refractivity contribution in [3.05, 3.63) is 71.8 Å². The van der Waals surface area contributed by atoms with Gasteiger partial charge in [-0.2, -0.15) is 0 Å². The van der Waals surface area contributed by atoms with E-state index in [-0.39, 0.29) is 30.6 Å². The van der Waals surface area contributed by atoms with Crippen LogP contribution in [0.15, 0.2) is 60.7 Å². The zero-order valence-electron chi connectivity index (χ0n) is 16.8. The van der Waals surface area contributed by atoms with Crippen LogP contribution in [0.4, 0.5) is 0 Å². The van der Waals surface area contributed by atoms with Crippen molar-refractivity contribution in [2.75, 3.05) is 32.8 Å². The lowest BCUT2D eigenvalue weighted by molar-refractivity contribution is -0.142. The first kappa shape index (κ1) is 21.5. The molecule has 2 aromatic carbocycles. The largest absolute Gasteiger partial charge is 0.297 e. The number of halogens is 1. The topological polar surface area (TPSA) is 43.9 Å². The van der Waals surface area contributed by atoms with Gasteiger partial charge in [0.25, 0.3) is 0 Å². The van der Waals surface area contributed by atoms with Gasteiger partial charge in [-0.3, -0.25) is 24.3 Å². The number of piperazine rings is 1. The first-order valence-electron chi connectivity index (χ1n) is 9.95. The predicted molar refractivity (Wildman–Crippen MR) is 116 cm³/mol. The lowest BCUT2D eigenvalue weighted by Crippen LogP contribution is -2.51. The van der Waals surface area contributed by atoms with Crippen molar-refractivity contribution in [3.63, 3.8) is 0 Å². The van der Waals surface area contributed by atoms with E-state index in [0.717, 1.165) is 38.3 Å². The summed E-state index contributed by atoms with van der Waals surface area (Å²) in [7, 11) is 0. The van der Waals surface area contributed by atoms with Gasteiger partial charge in [0.2, 0.25) is 11.8 Å². The number of hydrogen-bond donors (Lipinski definition) is 0. The van der Waals surface area contributed by atoms with Gasteiger partial charge in [-0.25, -0.2) is 0 Å². The summed E-state index contributed by atoms with van der Waals surface area (Å²) in [6.45, 7) is 6.86. The van der Waals surface area contributed by atoms with Gasteiger partial charge in [-0.15, -0.1) is 12.4 Å². The molecule has 2 aliphatic rings. The van der Waals surface area contributed by atoms with E-state index < -0.39 is 5.41 Å². The molecular weight excluding hydrogens is 386 g/mol. The fourth-order valence-electron chi connectivity index (χ4n) is 4.19. The Morgan fingerprint density at radius 2 is 1.38 bits per heavy atom. The summed E-state index contributed by atoms with van der Waals surface area (Å²) in [5, 5.41) is 0. The van der Waals surface area contributed by atoms with Crippen LogP contribution in [0.25, 0.3) is 0 Å². The van der Waals surface area contributed by atoms with E-state index >= 15 is 0 Å². The highest BCUT2D eigenvalue weighted by Gasteiger charge is 2.49. The Hall–Kier alpha value is -2.21. The number of nitrogens with zero attached hydrogens (tertiary/aromatic N) is 3. The van der Waals surface area contributed by atoms with Crippen molar-refractivity contribution < 1.29 is 9.59 Å². The molecule has 154 valence electrons. The van der Waals surface area contributed by atoms with E-state index in [9.17, 15) is 9.59 Å². The van der Waals surface area contributed by atoms with Gasteiger partial charge in [-0.05, 0) is 18.1 Å². The van der Waals surface area contributed by atoms with Crippen LogP contribution in [0.3, 0.4) is 0 Å². The Labute approximate surface area is 178 Å². The summed E-state index contributed by atoms with van der Waals surface area (Å²) in [6.07, 6.45) is 0.254. The third-order valence-electron chi connectivity index (χ3n) is 5.99. The lowest BCUT2D eigenvalue weighted by Gasteiger charge is -2.36. The average Bonchev–Trinajstić information content (AvgIpc) is 2.95. The van der Waals surface area contributed by atoms with Crippen molar-refractivity contribution in [2.24, 2.45) is 0 Å². The molecule has 29 heavy (non-hydrogen) atoms. The summed E-state index contributed by atoms with van der Waals surface area (Å²) in [6, 6.07) is 20.1. The second-order valence-corrected chi connectivity index (χ2v) is 8.02. The van der Waals surface area contributed by atoms with Crippen molar-refractivity contribution in [1.29, 1.82) is 0 Å². The second-order valence-electron chi connectivity index (χ2n) is 8.02. The van der Waals surface area contributed by atoms with Crippen molar-refractivity contribution in [2.45, 2.75) is 25.3 Å². The normalized spacial score (nSPS) is 23.3. The van der Waals surface area contributed by atoms with Crippen LogP contribution in [-0.2, 0) is 21.5 Å². The highest BCUT2D eigenvalue weighted by atomic mass is 35.5. The number of imide groups is 1. The lowest BCUT2D eigenvalue weighted by atomic mass is 9.81. The Morgan fingerprint density at radius 3 is 2.00 bits per heavy atom. The second kappa shape index (κ2) is 9.08.